The maximum atomic E-state index is 11.2. The SMILES string of the molecule is CCC.COc1cc2ncn(-c3ccc(NC(=O)NN)cc3)c2cc1OC. The molecule has 0 bridgehead atoms. The number of urea groups is 1. The van der Waals surface area contributed by atoms with E-state index in [-0.39, 0.29) is 0 Å². The molecule has 3 rings (SSSR count). The van der Waals surface area contributed by atoms with Crippen molar-refractivity contribution in [3.8, 4) is 17.2 Å². The second-order valence-corrected chi connectivity index (χ2v) is 5.66. The summed E-state index contributed by atoms with van der Waals surface area (Å²) in [5, 5.41) is 2.60. The highest BCUT2D eigenvalue weighted by atomic mass is 16.5. The molecule has 8 nitrogen and oxygen atoms in total. The molecule has 8 heteroatoms. The molecule has 2 aromatic carbocycles. The molecule has 0 aliphatic rings. The number of hydrogen-bond acceptors (Lipinski definition) is 5. The molecular formula is C19H25N5O3. The number of ether oxygens (including phenoxy) is 2. The zero-order chi connectivity index (χ0) is 19.8. The van der Waals surface area contributed by atoms with Gasteiger partial charge in [0, 0.05) is 23.5 Å². The summed E-state index contributed by atoms with van der Waals surface area (Å²) in [6, 6.07) is 10.5. The van der Waals surface area contributed by atoms with Crippen molar-refractivity contribution in [2.45, 2.75) is 20.3 Å². The van der Waals surface area contributed by atoms with Crippen molar-refractivity contribution < 1.29 is 14.3 Å². The number of amides is 2. The van der Waals surface area contributed by atoms with Crippen molar-refractivity contribution in [3.63, 3.8) is 0 Å². The molecule has 27 heavy (non-hydrogen) atoms. The monoisotopic (exact) mass is 371 g/mol. The highest BCUT2D eigenvalue weighted by Gasteiger charge is 2.11. The van der Waals surface area contributed by atoms with E-state index in [1.54, 1.807) is 32.7 Å². The van der Waals surface area contributed by atoms with Crippen LogP contribution in [0.3, 0.4) is 0 Å². The predicted molar refractivity (Wildman–Crippen MR) is 106 cm³/mol. The van der Waals surface area contributed by atoms with Crippen LogP contribution in [0.15, 0.2) is 42.7 Å². The van der Waals surface area contributed by atoms with Gasteiger partial charge in [-0.05, 0) is 24.3 Å². The standard InChI is InChI=1S/C16H17N5O3.C3H8/c1-23-14-7-12-13(8-15(14)24-2)21(9-18-12)11-5-3-10(4-6-11)19-16(22)20-17;1-3-2/h3-9H,17H2,1-2H3,(H2,19,20,22);3H2,1-2H3. The number of anilines is 1. The summed E-state index contributed by atoms with van der Waals surface area (Å²) in [6.07, 6.45) is 2.97. The van der Waals surface area contributed by atoms with Crippen molar-refractivity contribution >= 4 is 22.8 Å². The van der Waals surface area contributed by atoms with Gasteiger partial charge in [0.15, 0.2) is 11.5 Å². The van der Waals surface area contributed by atoms with Crippen molar-refractivity contribution in [1.82, 2.24) is 15.0 Å². The zero-order valence-corrected chi connectivity index (χ0v) is 15.9. The van der Waals surface area contributed by atoms with Gasteiger partial charge < -0.3 is 14.8 Å². The Morgan fingerprint density at radius 1 is 1.11 bits per heavy atom. The van der Waals surface area contributed by atoms with Crippen LogP contribution in [0.4, 0.5) is 10.5 Å². The lowest BCUT2D eigenvalue weighted by molar-refractivity contribution is 0.252. The summed E-state index contributed by atoms with van der Waals surface area (Å²) in [7, 11) is 3.18. The number of nitrogens with zero attached hydrogens (tertiary/aromatic N) is 2. The molecule has 0 aliphatic heterocycles. The van der Waals surface area contributed by atoms with Gasteiger partial charge in [-0.1, -0.05) is 20.3 Å². The summed E-state index contributed by atoms with van der Waals surface area (Å²) in [5.74, 6) is 6.30. The smallest absolute Gasteiger partial charge is 0.333 e. The quantitative estimate of drug-likeness (QED) is 0.370. The fourth-order valence-corrected chi connectivity index (χ4v) is 2.41. The lowest BCUT2D eigenvalue weighted by atomic mass is 10.2. The van der Waals surface area contributed by atoms with Crippen LogP contribution in [-0.2, 0) is 0 Å². The second-order valence-electron chi connectivity index (χ2n) is 5.66. The Bertz CT molecular complexity index is 890. The van der Waals surface area contributed by atoms with Crippen LogP contribution in [-0.4, -0.2) is 29.8 Å². The van der Waals surface area contributed by atoms with Crippen LogP contribution >= 0.6 is 0 Å². The van der Waals surface area contributed by atoms with Gasteiger partial charge in [-0.25, -0.2) is 15.6 Å². The third-order valence-corrected chi connectivity index (χ3v) is 3.59. The number of carbonyl (C=O) groups excluding carboxylic acids is 1. The van der Waals surface area contributed by atoms with Crippen molar-refractivity contribution in [1.29, 1.82) is 0 Å². The number of nitrogens with two attached hydrogens (primary N) is 1. The van der Waals surface area contributed by atoms with Gasteiger partial charge in [0.25, 0.3) is 0 Å². The number of methoxy groups -OCH3 is 2. The first-order valence-corrected chi connectivity index (χ1v) is 8.55. The summed E-state index contributed by atoms with van der Waals surface area (Å²) in [5.41, 5.74) is 5.21. The summed E-state index contributed by atoms with van der Waals surface area (Å²) in [6.45, 7) is 4.25. The maximum Gasteiger partial charge on any atom is 0.333 e. The second kappa shape index (κ2) is 9.44. The normalized spacial score (nSPS) is 9.96. The average molecular weight is 371 g/mol. The number of benzene rings is 2. The van der Waals surface area contributed by atoms with E-state index in [0.29, 0.717) is 17.2 Å². The van der Waals surface area contributed by atoms with Gasteiger partial charge in [0.2, 0.25) is 0 Å². The third-order valence-electron chi connectivity index (χ3n) is 3.59. The van der Waals surface area contributed by atoms with Crippen molar-refractivity contribution in [2.24, 2.45) is 5.84 Å². The maximum absolute atomic E-state index is 11.2. The van der Waals surface area contributed by atoms with Crippen LogP contribution in [0.5, 0.6) is 11.5 Å². The topological polar surface area (TPSA) is 103 Å². The number of hydrogen-bond donors (Lipinski definition) is 3. The molecule has 0 saturated carbocycles. The first kappa shape index (κ1) is 20.1. The summed E-state index contributed by atoms with van der Waals surface area (Å²) >= 11 is 0. The van der Waals surface area contributed by atoms with Gasteiger partial charge in [-0.3, -0.25) is 9.99 Å². The van der Waals surface area contributed by atoms with E-state index in [2.05, 4.69) is 24.1 Å². The van der Waals surface area contributed by atoms with Crippen molar-refractivity contribution in [2.75, 3.05) is 19.5 Å². The minimum absolute atomic E-state index is 0.479. The molecule has 0 saturated heterocycles. The Morgan fingerprint density at radius 3 is 2.26 bits per heavy atom. The predicted octanol–water partition coefficient (Wildman–Crippen LogP) is 3.45. The zero-order valence-electron chi connectivity index (χ0n) is 15.9. The van der Waals surface area contributed by atoms with Gasteiger partial charge in [-0.2, -0.15) is 0 Å². The molecule has 0 aliphatic carbocycles. The minimum Gasteiger partial charge on any atom is -0.493 e. The van der Waals surface area contributed by atoms with E-state index in [4.69, 9.17) is 15.3 Å². The Balaban J connectivity index is 0.000000817. The fraction of sp³-hybridized carbons (Fsp3) is 0.263. The Kier molecular flexibility index (Phi) is 7.01. The van der Waals surface area contributed by atoms with Crippen LogP contribution in [0, 0.1) is 0 Å². The number of hydrazine groups is 1. The van der Waals surface area contributed by atoms with E-state index >= 15 is 0 Å². The third kappa shape index (κ3) is 4.68. The lowest BCUT2D eigenvalue weighted by Gasteiger charge is -2.10. The van der Waals surface area contributed by atoms with E-state index in [1.807, 2.05) is 34.3 Å². The van der Waals surface area contributed by atoms with Crippen LogP contribution in [0.1, 0.15) is 20.3 Å². The molecule has 0 spiro atoms. The summed E-state index contributed by atoms with van der Waals surface area (Å²) in [4.78, 5) is 15.6. The highest BCUT2D eigenvalue weighted by Crippen LogP contribution is 2.32. The van der Waals surface area contributed by atoms with Crippen LogP contribution < -0.4 is 26.1 Å². The molecular weight excluding hydrogens is 346 g/mol. The molecule has 0 radical (unpaired) electrons. The Hall–Kier alpha value is -3.26. The van der Waals surface area contributed by atoms with Gasteiger partial charge in [0.1, 0.15) is 6.33 Å². The number of rotatable bonds is 4. The first-order chi connectivity index (χ1) is 13.1. The molecule has 4 N–H and O–H groups in total. The number of imidazole rings is 1. The number of fused-ring (bicyclic) bond motifs is 1. The number of aromatic nitrogens is 2. The highest BCUT2D eigenvalue weighted by molar-refractivity contribution is 5.89. The van der Waals surface area contributed by atoms with Crippen LogP contribution in [0.2, 0.25) is 0 Å². The van der Waals surface area contributed by atoms with Gasteiger partial charge in [0.05, 0.1) is 25.3 Å². The van der Waals surface area contributed by atoms with E-state index in [1.165, 1.54) is 6.42 Å². The lowest BCUT2D eigenvalue weighted by Crippen LogP contribution is -2.34. The molecule has 1 aromatic heterocycles. The van der Waals surface area contributed by atoms with Crippen LogP contribution in [0.25, 0.3) is 16.7 Å². The molecule has 144 valence electrons. The fourth-order valence-electron chi connectivity index (χ4n) is 2.41. The van der Waals surface area contributed by atoms with E-state index < -0.39 is 6.03 Å². The largest absolute Gasteiger partial charge is 0.493 e. The molecule has 2 amide bonds. The number of nitrogens with one attached hydrogen (secondary N) is 2. The molecule has 0 unspecified atom stereocenters. The Morgan fingerprint density at radius 2 is 1.70 bits per heavy atom. The first-order valence-electron chi connectivity index (χ1n) is 8.55. The van der Waals surface area contributed by atoms with Crippen molar-refractivity contribution in [3.05, 3.63) is 42.7 Å². The average Bonchev–Trinajstić information content (AvgIpc) is 3.10. The Labute approximate surface area is 158 Å². The minimum atomic E-state index is -0.479. The molecule has 0 fully saturated rings. The van der Waals surface area contributed by atoms with E-state index in [0.717, 1.165) is 16.7 Å². The van der Waals surface area contributed by atoms with E-state index in [9.17, 15) is 4.79 Å². The van der Waals surface area contributed by atoms with Gasteiger partial charge >= 0.3 is 6.03 Å². The molecule has 3 aromatic rings. The molecule has 0 atom stereocenters. The molecule has 1 heterocycles. The van der Waals surface area contributed by atoms with Gasteiger partial charge in [-0.15, -0.1) is 0 Å². The number of carbonyl (C=O) groups is 1. The summed E-state index contributed by atoms with van der Waals surface area (Å²) < 4.78 is 12.6.